The number of aromatic nitrogens is 2. The van der Waals surface area contributed by atoms with E-state index in [0.29, 0.717) is 16.9 Å². The highest BCUT2D eigenvalue weighted by Gasteiger charge is 2.20. The first-order valence-electron chi connectivity index (χ1n) is 5.82. The van der Waals surface area contributed by atoms with Gasteiger partial charge in [0.15, 0.2) is 4.34 Å². The average Bonchev–Trinajstić information content (AvgIpc) is 3.00. The van der Waals surface area contributed by atoms with Crippen LogP contribution in [0.5, 0.6) is 0 Å². The van der Waals surface area contributed by atoms with E-state index in [0.717, 1.165) is 15.6 Å². The lowest BCUT2D eigenvalue weighted by Crippen LogP contribution is -1.97. The molecule has 0 unspecified atom stereocenters. The molecule has 0 aliphatic heterocycles. The lowest BCUT2D eigenvalue weighted by Gasteiger charge is -1.97. The fourth-order valence-electron chi connectivity index (χ4n) is 1.89. The molecule has 2 heterocycles. The standard InChI is InChI=1S/C13H10N2O3S2/c1-7-14-13(20-15-7)19-6-9-8-4-2-3-5-10(8)18-11(9)12(16)17/h2-5H,6H2,1H3,(H,16,17). The molecule has 3 rings (SSSR count). The molecule has 20 heavy (non-hydrogen) atoms. The smallest absolute Gasteiger partial charge is 0.372 e. The lowest BCUT2D eigenvalue weighted by atomic mass is 10.1. The summed E-state index contributed by atoms with van der Waals surface area (Å²) in [6, 6.07) is 7.33. The number of thioether (sulfide) groups is 1. The summed E-state index contributed by atoms with van der Waals surface area (Å²) in [7, 11) is 0. The van der Waals surface area contributed by atoms with Crippen molar-refractivity contribution < 1.29 is 14.3 Å². The Morgan fingerprint density at radius 3 is 2.95 bits per heavy atom. The van der Waals surface area contributed by atoms with Gasteiger partial charge in [0.1, 0.15) is 11.4 Å². The highest BCUT2D eigenvalue weighted by molar-refractivity contribution is 8.00. The average molecular weight is 306 g/mol. The number of carboxylic acids is 1. The van der Waals surface area contributed by atoms with Crippen LogP contribution in [-0.4, -0.2) is 20.4 Å². The second-order valence-corrected chi connectivity index (χ2v) is 6.08. The number of furan rings is 1. The Balaban J connectivity index is 1.96. The Bertz CT molecular complexity index is 779. The van der Waals surface area contributed by atoms with Crippen molar-refractivity contribution in [1.29, 1.82) is 0 Å². The fraction of sp³-hybridized carbons (Fsp3) is 0.154. The molecule has 7 heteroatoms. The van der Waals surface area contributed by atoms with Gasteiger partial charge in [-0.3, -0.25) is 0 Å². The molecule has 0 aliphatic carbocycles. The van der Waals surface area contributed by atoms with Crippen molar-refractivity contribution in [3.05, 3.63) is 41.4 Å². The predicted octanol–water partition coefficient (Wildman–Crippen LogP) is 3.58. The fourth-order valence-corrected chi connectivity index (χ4v) is 3.56. The van der Waals surface area contributed by atoms with E-state index < -0.39 is 5.97 Å². The predicted molar refractivity (Wildman–Crippen MR) is 77.4 cm³/mol. The molecule has 102 valence electrons. The van der Waals surface area contributed by atoms with Crippen molar-refractivity contribution in [2.75, 3.05) is 0 Å². The molecular weight excluding hydrogens is 296 g/mol. The maximum absolute atomic E-state index is 11.3. The summed E-state index contributed by atoms with van der Waals surface area (Å²) in [5, 5.41) is 10.1. The lowest BCUT2D eigenvalue weighted by molar-refractivity contribution is 0.0664. The van der Waals surface area contributed by atoms with E-state index in [4.69, 9.17) is 4.42 Å². The first-order valence-corrected chi connectivity index (χ1v) is 7.58. The molecular formula is C13H10N2O3S2. The first kappa shape index (κ1) is 13.1. The third kappa shape index (κ3) is 2.41. The van der Waals surface area contributed by atoms with Crippen LogP contribution in [0.4, 0.5) is 0 Å². The Morgan fingerprint density at radius 1 is 1.45 bits per heavy atom. The second kappa shape index (κ2) is 5.26. The highest BCUT2D eigenvalue weighted by Crippen LogP contribution is 2.32. The van der Waals surface area contributed by atoms with Gasteiger partial charge >= 0.3 is 5.97 Å². The van der Waals surface area contributed by atoms with Crippen molar-refractivity contribution >= 4 is 40.2 Å². The van der Waals surface area contributed by atoms with Gasteiger partial charge in [-0.15, -0.1) is 0 Å². The number of aryl methyl sites for hydroxylation is 1. The topological polar surface area (TPSA) is 76.2 Å². The van der Waals surface area contributed by atoms with E-state index in [-0.39, 0.29) is 5.76 Å². The maximum Gasteiger partial charge on any atom is 0.372 e. The number of nitrogens with zero attached hydrogens (tertiary/aromatic N) is 2. The van der Waals surface area contributed by atoms with E-state index in [2.05, 4.69) is 9.36 Å². The zero-order valence-electron chi connectivity index (χ0n) is 10.5. The number of fused-ring (bicyclic) bond motifs is 1. The molecule has 2 aromatic heterocycles. The molecule has 0 bridgehead atoms. The minimum Gasteiger partial charge on any atom is -0.475 e. The number of benzene rings is 1. The van der Waals surface area contributed by atoms with Crippen LogP contribution in [0.2, 0.25) is 0 Å². The molecule has 0 saturated carbocycles. The Labute approximate surface area is 122 Å². The highest BCUT2D eigenvalue weighted by atomic mass is 32.2. The van der Waals surface area contributed by atoms with Gasteiger partial charge in [0.25, 0.3) is 0 Å². The zero-order chi connectivity index (χ0) is 14.1. The van der Waals surface area contributed by atoms with Crippen LogP contribution >= 0.6 is 23.3 Å². The van der Waals surface area contributed by atoms with Gasteiger partial charge in [-0.25, -0.2) is 9.78 Å². The molecule has 1 aromatic carbocycles. The van der Waals surface area contributed by atoms with E-state index in [1.165, 1.54) is 23.3 Å². The zero-order valence-corrected chi connectivity index (χ0v) is 12.1. The summed E-state index contributed by atoms with van der Waals surface area (Å²) in [6.07, 6.45) is 0. The van der Waals surface area contributed by atoms with Crippen LogP contribution in [0, 0.1) is 6.92 Å². The van der Waals surface area contributed by atoms with Gasteiger partial charge in [-0.05, 0) is 24.5 Å². The van der Waals surface area contributed by atoms with Crippen molar-refractivity contribution in [1.82, 2.24) is 9.36 Å². The summed E-state index contributed by atoms with van der Waals surface area (Å²) in [6.45, 7) is 1.83. The van der Waals surface area contributed by atoms with E-state index in [1.54, 1.807) is 6.07 Å². The number of hydrogen-bond donors (Lipinski definition) is 1. The monoisotopic (exact) mass is 306 g/mol. The third-order valence-electron chi connectivity index (χ3n) is 2.74. The van der Waals surface area contributed by atoms with Crippen LogP contribution in [0.1, 0.15) is 21.9 Å². The SMILES string of the molecule is Cc1nsc(SCc2c(C(=O)O)oc3ccccc23)n1. The molecule has 3 aromatic rings. The number of carbonyl (C=O) groups is 1. The molecule has 5 nitrogen and oxygen atoms in total. The Hall–Kier alpha value is -1.86. The van der Waals surface area contributed by atoms with Gasteiger partial charge in [0.2, 0.25) is 5.76 Å². The maximum atomic E-state index is 11.3. The van der Waals surface area contributed by atoms with Crippen molar-refractivity contribution in [3.63, 3.8) is 0 Å². The molecule has 0 amide bonds. The van der Waals surface area contributed by atoms with Crippen LogP contribution < -0.4 is 0 Å². The quantitative estimate of drug-likeness (QED) is 0.742. The Morgan fingerprint density at radius 2 is 2.25 bits per heavy atom. The second-order valence-electron chi connectivity index (χ2n) is 4.11. The molecule has 0 saturated heterocycles. The van der Waals surface area contributed by atoms with Gasteiger partial charge < -0.3 is 9.52 Å². The summed E-state index contributed by atoms with van der Waals surface area (Å²) >= 11 is 2.78. The van der Waals surface area contributed by atoms with Crippen LogP contribution in [0.25, 0.3) is 11.0 Å². The minimum absolute atomic E-state index is 0.0000581. The third-order valence-corrected chi connectivity index (χ3v) is 4.69. The van der Waals surface area contributed by atoms with Crippen LogP contribution in [-0.2, 0) is 5.75 Å². The summed E-state index contributed by atoms with van der Waals surface area (Å²) in [5.74, 6) is 0.172. The number of carboxylic acid groups (broad SMARTS) is 1. The van der Waals surface area contributed by atoms with E-state index in [1.807, 2.05) is 25.1 Å². The number of hydrogen-bond acceptors (Lipinski definition) is 6. The van der Waals surface area contributed by atoms with Gasteiger partial charge in [0, 0.05) is 16.7 Å². The summed E-state index contributed by atoms with van der Waals surface area (Å²) in [4.78, 5) is 15.5. The minimum atomic E-state index is -1.05. The van der Waals surface area contributed by atoms with E-state index >= 15 is 0 Å². The van der Waals surface area contributed by atoms with E-state index in [9.17, 15) is 9.90 Å². The van der Waals surface area contributed by atoms with Crippen molar-refractivity contribution in [2.24, 2.45) is 0 Å². The number of rotatable bonds is 4. The van der Waals surface area contributed by atoms with Crippen molar-refractivity contribution in [2.45, 2.75) is 17.0 Å². The summed E-state index contributed by atoms with van der Waals surface area (Å²) < 4.78 is 10.3. The molecule has 0 fully saturated rings. The molecule has 0 aliphatic rings. The molecule has 1 N–H and O–H groups in total. The molecule has 0 spiro atoms. The number of aromatic carboxylic acids is 1. The first-order chi connectivity index (χ1) is 9.65. The van der Waals surface area contributed by atoms with Crippen molar-refractivity contribution in [3.8, 4) is 0 Å². The van der Waals surface area contributed by atoms with Gasteiger partial charge in [-0.2, -0.15) is 4.37 Å². The Kier molecular flexibility index (Phi) is 3.45. The van der Waals surface area contributed by atoms with Crippen LogP contribution in [0.3, 0.4) is 0 Å². The number of para-hydroxylation sites is 1. The van der Waals surface area contributed by atoms with Gasteiger partial charge in [-0.1, -0.05) is 30.0 Å². The normalized spacial score (nSPS) is 11.1. The summed E-state index contributed by atoms with van der Waals surface area (Å²) in [5.41, 5.74) is 1.28. The molecule has 0 atom stereocenters. The largest absolute Gasteiger partial charge is 0.475 e. The van der Waals surface area contributed by atoms with Crippen LogP contribution in [0.15, 0.2) is 33.0 Å². The molecule has 0 radical (unpaired) electrons. The van der Waals surface area contributed by atoms with Gasteiger partial charge in [0.05, 0.1) is 0 Å².